The number of aromatic nitrogens is 3. The molecule has 0 unspecified atom stereocenters. The summed E-state index contributed by atoms with van der Waals surface area (Å²) in [5.41, 5.74) is 1.97. The highest BCUT2D eigenvalue weighted by Gasteiger charge is 2.35. The van der Waals surface area contributed by atoms with E-state index in [4.69, 9.17) is 4.74 Å². The number of carboxylic acids is 1. The molecule has 2 heterocycles. The lowest BCUT2D eigenvalue weighted by molar-refractivity contribution is -0.142. The number of nitrogens with one attached hydrogen (secondary N) is 1. The largest absolute Gasteiger partial charge is 0.481 e. The number of hydrogen-bond donors (Lipinski definition) is 2. The Kier molecular flexibility index (Phi) is 8.96. The van der Waals surface area contributed by atoms with E-state index in [1.54, 1.807) is 16.7 Å². The summed E-state index contributed by atoms with van der Waals surface area (Å²) in [5, 5.41) is 21.4. The average Bonchev–Trinajstić information content (AvgIpc) is 3.24. The van der Waals surface area contributed by atoms with E-state index in [1.165, 1.54) is 0 Å². The van der Waals surface area contributed by atoms with Crippen molar-refractivity contribution in [3.63, 3.8) is 0 Å². The van der Waals surface area contributed by atoms with Crippen LogP contribution < -0.4 is 5.32 Å². The molecule has 3 rings (SSSR count). The number of unbranched alkanes of at least 4 members (excludes halogenated alkanes) is 1. The molecule has 2 N–H and O–H groups in total. The molecule has 1 aliphatic heterocycles. The lowest BCUT2D eigenvalue weighted by Gasteiger charge is -2.37. The number of aliphatic carboxylic acids is 1. The van der Waals surface area contributed by atoms with Crippen molar-refractivity contribution < 1.29 is 19.4 Å². The number of carbonyl (C=O) groups is 2. The van der Waals surface area contributed by atoms with Gasteiger partial charge >= 0.3 is 5.97 Å². The Balaban J connectivity index is 1.92. The van der Waals surface area contributed by atoms with Crippen LogP contribution in [-0.4, -0.2) is 76.3 Å². The van der Waals surface area contributed by atoms with Gasteiger partial charge in [0.2, 0.25) is 0 Å². The highest BCUT2D eigenvalue weighted by atomic mass is 16.5. The van der Waals surface area contributed by atoms with Gasteiger partial charge in [0.05, 0.1) is 17.3 Å². The van der Waals surface area contributed by atoms with Crippen molar-refractivity contribution in [2.75, 3.05) is 33.4 Å². The minimum Gasteiger partial charge on any atom is -0.481 e. The van der Waals surface area contributed by atoms with Crippen LogP contribution >= 0.6 is 0 Å². The molecule has 1 amide bonds. The molecule has 0 bridgehead atoms. The molecular formula is C24H35N5O4. The molecule has 1 aliphatic rings. The second-order valence-corrected chi connectivity index (χ2v) is 9.02. The molecule has 1 fully saturated rings. The first-order valence-electron chi connectivity index (χ1n) is 11.7. The molecule has 1 aromatic heterocycles. The number of para-hydroxylation sites is 1. The van der Waals surface area contributed by atoms with Gasteiger partial charge in [0.25, 0.3) is 5.91 Å². The number of benzene rings is 1. The highest BCUT2D eigenvalue weighted by Crippen LogP contribution is 2.23. The quantitative estimate of drug-likeness (QED) is 0.499. The summed E-state index contributed by atoms with van der Waals surface area (Å²) in [6, 6.07) is 9.46. The third-order valence-corrected chi connectivity index (χ3v) is 5.92. The number of nitrogens with zero attached hydrogens (tertiary/aromatic N) is 4. The zero-order valence-electron chi connectivity index (χ0n) is 19.7. The van der Waals surface area contributed by atoms with Gasteiger partial charge in [0.15, 0.2) is 5.69 Å². The van der Waals surface area contributed by atoms with Crippen LogP contribution in [0.25, 0.3) is 5.69 Å². The predicted octanol–water partition coefficient (Wildman–Crippen LogP) is 2.40. The molecule has 0 aliphatic carbocycles. The summed E-state index contributed by atoms with van der Waals surface area (Å²) in [4.78, 5) is 27.2. The van der Waals surface area contributed by atoms with Gasteiger partial charge in [-0.25, -0.2) is 4.68 Å². The number of methoxy groups -OCH3 is 1. The lowest BCUT2D eigenvalue weighted by Crippen LogP contribution is -2.53. The van der Waals surface area contributed by atoms with Gasteiger partial charge in [-0.3, -0.25) is 9.59 Å². The molecule has 2 atom stereocenters. The van der Waals surface area contributed by atoms with Crippen molar-refractivity contribution in [2.24, 2.45) is 11.8 Å². The molecular weight excluding hydrogens is 422 g/mol. The number of rotatable bonds is 11. The van der Waals surface area contributed by atoms with Gasteiger partial charge in [-0.15, -0.1) is 5.10 Å². The van der Waals surface area contributed by atoms with Crippen molar-refractivity contribution in [3.8, 4) is 5.69 Å². The maximum Gasteiger partial charge on any atom is 0.307 e. The van der Waals surface area contributed by atoms with E-state index in [2.05, 4.69) is 29.5 Å². The fourth-order valence-corrected chi connectivity index (χ4v) is 4.28. The molecule has 1 saturated heterocycles. The summed E-state index contributed by atoms with van der Waals surface area (Å²) in [7, 11) is 1.68. The first-order chi connectivity index (χ1) is 15.9. The highest BCUT2D eigenvalue weighted by molar-refractivity contribution is 5.93. The number of hydrogen-bond acceptors (Lipinski definition) is 6. The molecule has 0 saturated carbocycles. The van der Waals surface area contributed by atoms with Crippen molar-refractivity contribution in [1.82, 2.24) is 25.2 Å². The third-order valence-electron chi connectivity index (χ3n) is 5.92. The number of piperidine rings is 1. The van der Waals surface area contributed by atoms with E-state index in [0.717, 1.165) is 24.2 Å². The zero-order chi connectivity index (χ0) is 23.8. The van der Waals surface area contributed by atoms with Gasteiger partial charge in [-0.1, -0.05) is 37.3 Å². The van der Waals surface area contributed by atoms with E-state index < -0.39 is 11.9 Å². The smallest absolute Gasteiger partial charge is 0.307 e. The van der Waals surface area contributed by atoms with Gasteiger partial charge in [-0.2, -0.15) is 0 Å². The molecule has 0 spiro atoms. The molecule has 0 radical (unpaired) electrons. The van der Waals surface area contributed by atoms with E-state index in [-0.39, 0.29) is 17.9 Å². The van der Waals surface area contributed by atoms with Gasteiger partial charge < -0.3 is 20.1 Å². The molecule has 9 nitrogen and oxygen atoms in total. The molecule has 1 aromatic carbocycles. The monoisotopic (exact) mass is 457 g/mol. The molecule has 180 valence electrons. The summed E-state index contributed by atoms with van der Waals surface area (Å²) in [6.07, 6.45) is 2.77. The van der Waals surface area contributed by atoms with Crippen LogP contribution in [0.2, 0.25) is 0 Å². The van der Waals surface area contributed by atoms with Crippen LogP contribution in [0.5, 0.6) is 0 Å². The Morgan fingerprint density at radius 3 is 2.67 bits per heavy atom. The standard InChI is InChI=1S/C24H35N5O4/c1-17(2)16-28(20-13-18(24(31)32)14-25-15-20)23(30)22-21(11-7-8-12-33-3)29(27-26-22)19-9-5-4-6-10-19/h4-6,9-10,17-18,20,25H,7-8,11-16H2,1-3H3,(H,31,32)/t18-,20+/m1/s1. The van der Waals surface area contributed by atoms with Crippen LogP contribution in [-0.2, 0) is 16.0 Å². The number of carbonyl (C=O) groups excluding carboxylic acids is 1. The normalized spacial score (nSPS) is 18.4. The SMILES string of the molecule is COCCCCc1c(C(=O)N(CC(C)C)[C@@H]2CNC[C@H](C(=O)O)C2)nnn1-c1ccccc1. The van der Waals surface area contributed by atoms with Crippen LogP contribution in [0.15, 0.2) is 30.3 Å². The van der Waals surface area contributed by atoms with Crippen molar-refractivity contribution >= 4 is 11.9 Å². The van der Waals surface area contributed by atoms with Crippen LogP contribution in [0.3, 0.4) is 0 Å². The molecule has 2 aromatic rings. The topological polar surface area (TPSA) is 110 Å². The number of amides is 1. The van der Waals surface area contributed by atoms with Crippen molar-refractivity contribution in [3.05, 3.63) is 41.7 Å². The van der Waals surface area contributed by atoms with Crippen LogP contribution in [0, 0.1) is 11.8 Å². The van der Waals surface area contributed by atoms with Crippen LogP contribution in [0.1, 0.15) is 49.3 Å². The van der Waals surface area contributed by atoms with Crippen molar-refractivity contribution in [1.29, 1.82) is 0 Å². The van der Waals surface area contributed by atoms with E-state index >= 15 is 0 Å². The third kappa shape index (κ3) is 6.39. The van der Waals surface area contributed by atoms with Gasteiger partial charge in [0, 0.05) is 39.4 Å². The average molecular weight is 458 g/mol. The Hall–Kier alpha value is -2.78. The second kappa shape index (κ2) is 11.9. The Morgan fingerprint density at radius 2 is 2.00 bits per heavy atom. The molecule has 33 heavy (non-hydrogen) atoms. The first-order valence-corrected chi connectivity index (χ1v) is 11.7. The van der Waals surface area contributed by atoms with Crippen molar-refractivity contribution in [2.45, 2.75) is 45.6 Å². The van der Waals surface area contributed by atoms with Gasteiger partial charge in [-0.05, 0) is 43.7 Å². The fraction of sp³-hybridized carbons (Fsp3) is 0.583. The zero-order valence-corrected chi connectivity index (χ0v) is 19.7. The van der Waals surface area contributed by atoms with Crippen LogP contribution in [0.4, 0.5) is 0 Å². The number of carboxylic acid groups (broad SMARTS) is 1. The summed E-state index contributed by atoms with van der Waals surface area (Å²) in [6.45, 7) is 6.27. The predicted molar refractivity (Wildman–Crippen MR) is 124 cm³/mol. The summed E-state index contributed by atoms with van der Waals surface area (Å²) in [5.74, 6) is -1.31. The maximum absolute atomic E-state index is 13.8. The van der Waals surface area contributed by atoms with E-state index in [9.17, 15) is 14.7 Å². The van der Waals surface area contributed by atoms with E-state index in [1.807, 2.05) is 30.3 Å². The van der Waals surface area contributed by atoms with Gasteiger partial charge in [0.1, 0.15) is 0 Å². The maximum atomic E-state index is 13.8. The molecule has 9 heteroatoms. The minimum atomic E-state index is -0.835. The second-order valence-electron chi connectivity index (χ2n) is 9.02. The Labute approximate surface area is 195 Å². The van der Waals surface area contributed by atoms with E-state index in [0.29, 0.717) is 44.8 Å². The Bertz CT molecular complexity index is 915. The fourth-order valence-electron chi connectivity index (χ4n) is 4.28. The number of ether oxygens (including phenoxy) is 1. The minimum absolute atomic E-state index is 0.189. The lowest BCUT2D eigenvalue weighted by atomic mass is 9.94. The Morgan fingerprint density at radius 1 is 1.24 bits per heavy atom. The summed E-state index contributed by atoms with van der Waals surface area (Å²) < 4.78 is 6.92. The summed E-state index contributed by atoms with van der Waals surface area (Å²) >= 11 is 0. The first kappa shape index (κ1) is 24.9.